The van der Waals surface area contributed by atoms with Gasteiger partial charge >= 0.3 is 6.18 Å². The van der Waals surface area contributed by atoms with Crippen LogP contribution in [0.15, 0.2) is 10.7 Å². The Bertz CT molecular complexity index is 885. The minimum atomic E-state index is -4.58. The molecule has 0 aliphatic heterocycles. The lowest BCUT2D eigenvalue weighted by Crippen LogP contribution is -2.34. The summed E-state index contributed by atoms with van der Waals surface area (Å²) in [5, 5.41) is 8.13. The fourth-order valence-corrected chi connectivity index (χ4v) is 4.07. The smallest absolute Gasteiger partial charge is 0.339 e. The van der Waals surface area contributed by atoms with Crippen molar-refractivity contribution in [2.45, 2.75) is 64.8 Å². The third kappa shape index (κ3) is 3.97. The van der Waals surface area contributed by atoms with Gasteiger partial charge in [0.15, 0.2) is 5.69 Å². The Morgan fingerprint density at radius 1 is 1.39 bits per heavy atom. The Morgan fingerprint density at radius 3 is 2.54 bits per heavy atom. The summed E-state index contributed by atoms with van der Waals surface area (Å²) in [6, 6.07) is -0.838. The number of rotatable bonds is 6. The van der Waals surface area contributed by atoms with Gasteiger partial charge in [0.2, 0.25) is 5.91 Å². The molecule has 1 aliphatic carbocycles. The molecule has 1 atom stereocenters. The highest BCUT2D eigenvalue weighted by Crippen LogP contribution is 2.47. The van der Waals surface area contributed by atoms with E-state index in [1.54, 1.807) is 18.7 Å². The Balaban J connectivity index is 1.85. The van der Waals surface area contributed by atoms with Crippen molar-refractivity contribution < 1.29 is 18.0 Å². The largest absolute Gasteiger partial charge is 0.436 e. The number of alkyl halides is 3. The molecule has 1 amide bonds. The maximum absolute atomic E-state index is 13.3. The van der Waals surface area contributed by atoms with Crippen molar-refractivity contribution in [1.82, 2.24) is 24.5 Å². The molecule has 3 rings (SSSR count). The summed E-state index contributed by atoms with van der Waals surface area (Å²) in [7, 11) is 1.64. The Labute approximate surface area is 169 Å². The van der Waals surface area contributed by atoms with Crippen LogP contribution in [0.4, 0.5) is 13.2 Å². The molecule has 0 bridgehead atoms. The van der Waals surface area contributed by atoms with Crippen molar-refractivity contribution in [2.24, 2.45) is 0 Å². The van der Waals surface area contributed by atoms with E-state index in [-0.39, 0.29) is 16.3 Å². The van der Waals surface area contributed by atoms with E-state index in [2.05, 4.69) is 26.1 Å². The predicted molar refractivity (Wildman–Crippen MR) is 101 cm³/mol. The first kappa shape index (κ1) is 20.9. The van der Waals surface area contributed by atoms with Crippen molar-refractivity contribution in [2.75, 3.05) is 7.05 Å². The maximum Gasteiger partial charge on any atom is 0.436 e. The summed E-state index contributed by atoms with van der Waals surface area (Å²) in [4.78, 5) is 14.5. The van der Waals surface area contributed by atoms with E-state index >= 15 is 0 Å². The number of likely N-dealkylation sites (N-methyl/N-ethyl adjacent to an activating group) is 1. The van der Waals surface area contributed by atoms with Crippen LogP contribution in [0.25, 0.3) is 0 Å². The average Bonchev–Trinajstić information content (AvgIpc) is 3.30. The van der Waals surface area contributed by atoms with Crippen LogP contribution < -0.4 is 0 Å². The lowest BCUT2D eigenvalue weighted by Gasteiger charge is -2.23. The average molecular weight is 462 g/mol. The molecule has 154 valence electrons. The van der Waals surface area contributed by atoms with Gasteiger partial charge in [0, 0.05) is 37.8 Å². The summed E-state index contributed by atoms with van der Waals surface area (Å²) in [5.74, 6) is -0.294. The quantitative estimate of drug-likeness (QED) is 0.644. The van der Waals surface area contributed by atoms with E-state index in [1.165, 1.54) is 9.58 Å². The summed E-state index contributed by atoms with van der Waals surface area (Å²) in [6.07, 6.45) is -1.10. The van der Waals surface area contributed by atoms with Gasteiger partial charge in [0.1, 0.15) is 6.04 Å². The Hall–Kier alpha value is -1.84. The molecule has 1 fully saturated rings. The topological polar surface area (TPSA) is 56.0 Å². The van der Waals surface area contributed by atoms with Crippen LogP contribution >= 0.6 is 15.9 Å². The normalized spacial score (nSPS) is 15.7. The second-order valence-electron chi connectivity index (χ2n) is 7.23. The molecule has 0 spiro atoms. The van der Waals surface area contributed by atoms with E-state index in [4.69, 9.17) is 0 Å². The van der Waals surface area contributed by atoms with Crippen molar-refractivity contribution in [1.29, 1.82) is 0 Å². The zero-order valence-corrected chi connectivity index (χ0v) is 17.8. The molecular formula is C18H23BrF3N5O. The van der Waals surface area contributed by atoms with E-state index in [0.717, 1.165) is 30.6 Å². The minimum absolute atomic E-state index is 0.00330. The van der Waals surface area contributed by atoms with Gasteiger partial charge in [-0.3, -0.25) is 14.2 Å². The van der Waals surface area contributed by atoms with Gasteiger partial charge in [-0.15, -0.1) is 0 Å². The molecular weight excluding hydrogens is 439 g/mol. The minimum Gasteiger partial charge on any atom is -0.339 e. The fourth-order valence-electron chi connectivity index (χ4n) is 3.26. The van der Waals surface area contributed by atoms with Crippen LogP contribution in [0.1, 0.15) is 61.3 Å². The SMILES string of the molecule is CCn1cc(CN(C)C(=O)[C@@H](C)n2nc(C(F)(F)F)c(Br)c2C2CC2)c(C)n1. The van der Waals surface area contributed by atoms with Crippen molar-refractivity contribution in [3.8, 4) is 0 Å². The molecule has 2 aromatic heterocycles. The molecule has 2 aromatic rings. The number of nitrogens with zero attached hydrogens (tertiary/aromatic N) is 5. The number of hydrogen-bond donors (Lipinski definition) is 0. The molecule has 1 saturated carbocycles. The third-order valence-corrected chi connectivity index (χ3v) is 5.78. The van der Waals surface area contributed by atoms with Gasteiger partial charge in [0.05, 0.1) is 15.9 Å². The zero-order chi connectivity index (χ0) is 20.8. The van der Waals surface area contributed by atoms with Gasteiger partial charge in [-0.25, -0.2) is 0 Å². The first-order valence-electron chi connectivity index (χ1n) is 9.17. The van der Waals surface area contributed by atoms with Crippen molar-refractivity contribution in [3.63, 3.8) is 0 Å². The van der Waals surface area contributed by atoms with E-state index in [0.29, 0.717) is 12.2 Å². The van der Waals surface area contributed by atoms with Crippen LogP contribution in [0.3, 0.4) is 0 Å². The van der Waals surface area contributed by atoms with Crippen LogP contribution in [0, 0.1) is 6.92 Å². The molecule has 0 unspecified atom stereocenters. The van der Waals surface area contributed by atoms with Crippen LogP contribution in [-0.4, -0.2) is 37.4 Å². The molecule has 0 N–H and O–H groups in total. The third-order valence-electron chi connectivity index (χ3n) is 5.00. The fraction of sp³-hybridized carbons (Fsp3) is 0.611. The number of carbonyl (C=O) groups excluding carboxylic acids is 1. The standard InChI is InChI=1S/C18H23BrF3N5O/c1-5-26-9-13(10(2)23-26)8-25(4)17(28)11(3)27-15(12-6-7-12)14(19)16(24-27)18(20,21)22/h9,11-12H,5-8H2,1-4H3/t11-/m1/s1. The molecule has 6 nitrogen and oxygen atoms in total. The summed E-state index contributed by atoms with van der Waals surface area (Å²) in [6.45, 7) is 6.49. The second-order valence-corrected chi connectivity index (χ2v) is 8.02. The number of carbonyl (C=O) groups is 1. The highest BCUT2D eigenvalue weighted by atomic mass is 79.9. The predicted octanol–water partition coefficient (Wildman–Crippen LogP) is 4.29. The summed E-state index contributed by atoms with van der Waals surface area (Å²) in [5.41, 5.74) is 1.22. The number of hydrogen-bond acceptors (Lipinski definition) is 3. The molecule has 2 heterocycles. The van der Waals surface area contributed by atoms with Crippen LogP contribution in [0.2, 0.25) is 0 Å². The number of amides is 1. The first-order valence-corrected chi connectivity index (χ1v) is 9.96. The summed E-state index contributed by atoms with van der Waals surface area (Å²) < 4.78 is 42.9. The van der Waals surface area contributed by atoms with Gasteiger partial charge in [0.25, 0.3) is 0 Å². The monoisotopic (exact) mass is 461 g/mol. The number of aromatic nitrogens is 4. The molecule has 0 saturated heterocycles. The Morgan fingerprint density at radius 2 is 2.04 bits per heavy atom. The van der Waals surface area contributed by atoms with E-state index in [9.17, 15) is 18.0 Å². The first-order chi connectivity index (χ1) is 13.0. The molecule has 0 radical (unpaired) electrons. The van der Waals surface area contributed by atoms with Crippen molar-refractivity contribution >= 4 is 21.8 Å². The summed E-state index contributed by atoms with van der Waals surface area (Å²) >= 11 is 3.07. The zero-order valence-electron chi connectivity index (χ0n) is 16.2. The Kier molecular flexibility index (Phi) is 5.62. The molecule has 0 aromatic carbocycles. The number of aryl methyl sites for hydroxylation is 2. The van der Waals surface area contributed by atoms with Crippen molar-refractivity contribution in [3.05, 3.63) is 33.3 Å². The van der Waals surface area contributed by atoms with Crippen LogP contribution in [0.5, 0.6) is 0 Å². The molecule has 1 aliphatic rings. The highest BCUT2D eigenvalue weighted by molar-refractivity contribution is 9.10. The maximum atomic E-state index is 13.3. The van der Waals surface area contributed by atoms with Gasteiger partial charge in [-0.1, -0.05) is 0 Å². The van der Waals surface area contributed by atoms with E-state index < -0.39 is 17.9 Å². The molecule has 28 heavy (non-hydrogen) atoms. The second kappa shape index (κ2) is 7.53. The highest BCUT2D eigenvalue weighted by Gasteiger charge is 2.43. The number of halogens is 4. The lowest BCUT2D eigenvalue weighted by atomic mass is 10.2. The lowest BCUT2D eigenvalue weighted by molar-refractivity contribution is -0.143. The van der Waals surface area contributed by atoms with E-state index in [1.807, 2.05) is 20.0 Å². The molecule has 10 heteroatoms. The van der Waals surface area contributed by atoms with Gasteiger partial charge in [-0.05, 0) is 49.5 Å². The van der Waals surface area contributed by atoms with Gasteiger partial charge in [-0.2, -0.15) is 23.4 Å². The van der Waals surface area contributed by atoms with Gasteiger partial charge < -0.3 is 4.90 Å². The van der Waals surface area contributed by atoms with Crippen LogP contribution in [-0.2, 0) is 24.1 Å².